The fraction of sp³-hybridized carbons (Fsp3) is 0.324. The summed E-state index contributed by atoms with van der Waals surface area (Å²) in [6, 6.07) is 15.5. The molecule has 0 saturated heterocycles. The van der Waals surface area contributed by atoms with Gasteiger partial charge in [-0.05, 0) is 76.1 Å². The second kappa shape index (κ2) is 13.8. The lowest BCUT2D eigenvalue weighted by molar-refractivity contribution is 0.288. The van der Waals surface area contributed by atoms with Crippen molar-refractivity contribution in [3.05, 3.63) is 112 Å². The highest BCUT2D eigenvalue weighted by Gasteiger charge is 2.26. The Balaban J connectivity index is 0.000000483. The molecule has 0 spiro atoms. The van der Waals surface area contributed by atoms with Crippen molar-refractivity contribution in [3.63, 3.8) is 0 Å². The van der Waals surface area contributed by atoms with Crippen LogP contribution in [0.1, 0.15) is 63.5 Å². The molecule has 5 rings (SSSR count). The van der Waals surface area contributed by atoms with Gasteiger partial charge in [-0.2, -0.15) is 0 Å². The van der Waals surface area contributed by atoms with Gasteiger partial charge in [-0.15, -0.1) is 6.58 Å². The van der Waals surface area contributed by atoms with E-state index in [0.717, 1.165) is 22.6 Å². The minimum Gasteiger partial charge on any atom is -0.502 e. The van der Waals surface area contributed by atoms with E-state index in [9.17, 15) is 4.79 Å². The summed E-state index contributed by atoms with van der Waals surface area (Å²) < 4.78 is 6.86. The summed E-state index contributed by atoms with van der Waals surface area (Å²) in [6.07, 6.45) is 13.3. The predicted octanol–water partition coefficient (Wildman–Crippen LogP) is 8.10. The molecule has 7 nitrogen and oxygen atoms in total. The molecule has 3 heterocycles. The molecule has 1 aliphatic rings. The van der Waals surface area contributed by atoms with E-state index in [2.05, 4.69) is 35.0 Å². The lowest BCUT2D eigenvalue weighted by Crippen LogP contribution is -2.26. The van der Waals surface area contributed by atoms with E-state index in [0.29, 0.717) is 22.8 Å². The molecule has 0 saturated carbocycles. The number of methoxy groups -OCH3 is 1. The van der Waals surface area contributed by atoms with Crippen LogP contribution in [-0.4, -0.2) is 26.7 Å². The molecule has 2 N–H and O–H groups in total. The van der Waals surface area contributed by atoms with Crippen LogP contribution in [0.5, 0.6) is 0 Å². The average Bonchev–Trinajstić information content (AvgIpc) is 3.32. The number of pyridine rings is 1. The van der Waals surface area contributed by atoms with E-state index in [1.54, 1.807) is 25.0 Å². The number of allylic oxidation sites excluding steroid dienone is 5. The smallest absolute Gasteiger partial charge is 0.278 e. The number of aromatic amines is 1. The van der Waals surface area contributed by atoms with Crippen molar-refractivity contribution in [2.75, 3.05) is 12.4 Å². The number of anilines is 2. The zero-order valence-electron chi connectivity index (χ0n) is 24.8. The first-order valence-electron chi connectivity index (χ1n) is 14.2. The van der Waals surface area contributed by atoms with E-state index < -0.39 is 0 Å². The number of hydrogen-bond donors (Lipinski definition) is 2. The van der Waals surface area contributed by atoms with Crippen molar-refractivity contribution in [3.8, 4) is 11.3 Å². The maximum absolute atomic E-state index is 13.9. The van der Waals surface area contributed by atoms with Crippen LogP contribution in [0.15, 0.2) is 95.7 Å². The van der Waals surface area contributed by atoms with Gasteiger partial charge in [0.25, 0.3) is 5.56 Å². The van der Waals surface area contributed by atoms with Crippen molar-refractivity contribution >= 4 is 17.3 Å². The number of aromatic nitrogens is 4. The Bertz CT molecular complexity index is 1580. The summed E-state index contributed by atoms with van der Waals surface area (Å²) in [5.74, 6) is 1.48. The van der Waals surface area contributed by atoms with Crippen LogP contribution in [0.2, 0.25) is 0 Å². The Hall–Kier alpha value is -4.39. The molecule has 7 heteroatoms. The third kappa shape index (κ3) is 7.04. The van der Waals surface area contributed by atoms with Crippen molar-refractivity contribution in [1.82, 2.24) is 19.6 Å². The lowest BCUT2D eigenvalue weighted by atomic mass is 9.87. The normalized spacial score (nSPS) is 14.9. The molecule has 0 fully saturated rings. The van der Waals surface area contributed by atoms with Gasteiger partial charge in [-0.25, -0.2) is 14.5 Å². The van der Waals surface area contributed by atoms with E-state index in [4.69, 9.17) is 9.72 Å². The third-order valence-corrected chi connectivity index (χ3v) is 7.52. The Kier molecular flexibility index (Phi) is 9.95. The van der Waals surface area contributed by atoms with Gasteiger partial charge in [0.1, 0.15) is 11.6 Å². The first kappa shape index (κ1) is 29.6. The standard InChI is InChI=1S/C27H29N5O2.C7H12/c1-6-21(17(2)16-18(3)34-5)23-25(29-22-14-10-11-15-28-22)30-26-19(4)24(31-32(26)27(23)33)20-12-8-7-9-13-20;1-7-5-3-2-4-6-7/h6-17,21,31H,1H2,2-5H3,(H,28,29);5H,2-4,6H2,1H3/b18-16+;/t17?,21-;/m1./s1. The molecule has 1 aliphatic carbocycles. The van der Waals surface area contributed by atoms with Gasteiger partial charge < -0.3 is 10.1 Å². The summed E-state index contributed by atoms with van der Waals surface area (Å²) in [7, 11) is 1.63. The molecule has 3 aromatic heterocycles. The van der Waals surface area contributed by atoms with Gasteiger partial charge in [0.2, 0.25) is 0 Å². The molecule has 0 aliphatic heterocycles. The highest BCUT2D eigenvalue weighted by molar-refractivity contribution is 5.72. The molecule has 4 aromatic rings. The van der Waals surface area contributed by atoms with Gasteiger partial charge in [-0.3, -0.25) is 9.89 Å². The van der Waals surface area contributed by atoms with Gasteiger partial charge in [0.05, 0.1) is 24.1 Å². The number of aryl methyl sites for hydroxylation is 1. The van der Waals surface area contributed by atoms with Crippen molar-refractivity contribution in [1.29, 1.82) is 0 Å². The molecular formula is C34H41N5O2. The predicted molar refractivity (Wildman–Crippen MR) is 169 cm³/mol. The SMILES string of the molecule is C=C[C@@H](c1c(Nc2ccccn2)nc2c(C)c(-c3ccccc3)[nH]n2c1=O)C(C)/C=C(\C)OC.CC1=CCCCC1. The second-order valence-corrected chi connectivity index (χ2v) is 10.6. The molecule has 0 bridgehead atoms. The Morgan fingerprint density at radius 3 is 2.49 bits per heavy atom. The minimum absolute atomic E-state index is 0.0565. The Morgan fingerprint density at radius 1 is 1.15 bits per heavy atom. The fourth-order valence-electron chi connectivity index (χ4n) is 5.17. The molecule has 214 valence electrons. The van der Waals surface area contributed by atoms with Crippen LogP contribution >= 0.6 is 0 Å². The molecular weight excluding hydrogens is 510 g/mol. The molecule has 0 radical (unpaired) electrons. The number of rotatable bonds is 8. The first-order chi connectivity index (χ1) is 19.8. The molecule has 41 heavy (non-hydrogen) atoms. The molecule has 2 atom stereocenters. The summed E-state index contributed by atoms with van der Waals surface area (Å²) in [4.78, 5) is 23.2. The van der Waals surface area contributed by atoms with Gasteiger partial charge in [0.15, 0.2) is 5.65 Å². The van der Waals surface area contributed by atoms with Crippen LogP contribution in [0.4, 0.5) is 11.6 Å². The topological polar surface area (TPSA) is 84.3 Å². The van der Waals surface area contributed by atoms with Crippen LogP contribution < -0.4 is 10.9 Å². The quantitative estimate of drug-likeness (QED) is 0.171. The largest absolute Gasteiger partial charge is 0.502 e. The lowest BCUT2D eigenvalue weighted by Gasteiger charge is -2.21. The highest BCUT2D eigenvalue weighted by atomic mass is 16.5. The van der Waals surface area contributed by atoms with Crippen LogP contribution in [0.3, 0.4) is 0 Å². The van der Waals surface area contributed by atoms with Crippen molar-refractivity contribution < 1.29 is 4.74 Å². The molecule has 0 amide bonds. The maximum Gasteiger partial charge on any atom is 0.278 e. The number of hydrogen-bond acceptors (Lipinski definition) is 5. The van der Waals surface area contributed by atoms with E-state index in [1.165, 1.54) is 30.2 Å². The summed E-state index contributed by atoms with van der Waals surface area (Å²) in [5, 5.41) is 6.54. The fourth-order valence-corrected chi connectivity index (χ4v) is 5.17. The monoisotopic (exact) mass is 551 g/mol. The van der Waals surface area contributed by atoms with E-state index in [-0.39, 0.29) is 17.4 Å². The first-order valence-corrected chi connectivity index (χ1v) is 14.2. The van der Waals surface area contributed by atoms with Crippen LogP contribution in [0, 0.1) is 12.8 Å². The zero-order valence-corrected chi connectivity index (χ0v) is 24.8. The molecule has 1 unspecified atom stereocenters. The van der Waals surface area contributed by atoms with E-state index >= 15 is 0 Å². The summed E-state index contributed by atoms with van der Waals surface area (Å²) >= 11 is 0. The average molecular weight is 552 g/mol. The zero-order chi connectivity index (χ0) is 29.4. The van der Waals surface area contributed by atoms with Gasteiger partial charge in [-0.1, -0.05) is 61.0 Å². The van der Waals surface area contributed by atoms with Crippen molar-refractivity contribution in [2.45, 2.75) is 59.3 Å². The Labute approximate surface area is 242 Å². The Morgan fingerprint density at radius 2 is 1.90 bits per heavy atom. The number of ether oxygens (including phenoxy) is 1. The molecule has 1 aromatic carbocycles. The third-order valence-electron chi connectivity index (χ3n) is 7.52. The summed E-state index contributed by atoms with van der Waals surface area (Å²) in [6.45, 7) is 12.1. The minimum atomic E-state index is -0.308. The number of nitrogens with zero attached hydrogens (tertiary/aromatic N) is 3. The number of fused-ring (bicyclic) bond motifs is 1. The van der Waals surface area contributed by atoms with Gasteiger partial charge in [0, 0.05) is 17.7 Å². The highest BCUT2D eigenvalue weighted by Crippen LogP contribution is 2.33. The number of H-pyrrole nitrogens is 1. The van der Waals surface area contributed by atoms with Gasteiger partial charge >= 0.3 is 0 Å². The van der Waals surface area contributed by atoms with Crippen molar-refractivity contribution in [2.24, 2.45) is 5.92 Å². The number of nitrogens with one attached hydrogen (secondary N) is 2. The maximum atomic E-state index is 13.9. The number of benzene rings is 1. The van der Waals surface area contributed by atoms with Crippen LogP contribution in [0.25, 0.3) is 16.9 Å². The summed E-state index contributed by atoms with van der Waals surface area (Å²) in [5.41, 5.74) is 5.19. The van der Waals surface area contributed by atoms with Crippen LogP contribution in [-0.2, 0) is 4.74 Å². The second-order valence-electron chi connectivity index (χ2n) is 10.6. The van der Waals surface area contributed by atoms with E-state index in [1.807, 2.05) is 75.4 Å².